The van der Waals surface area contributed by atoms with Crippen molar-refractivity contribution >= 4 is 5.91 Å². The minimum atomic E-state index is -0.0444. The third-order valence-corrected chi connectivity index (χ3v) is 4.62. The van der Waals surface area contributed by atoms with Gasteiger partial charge in [-0.2, -0.15) is 0 Å². The second kappa shape index (κ2) is 9.38. The molecule has 1 atom stereocenters. The van der Waals surface area contributed by atoms with Crippen molar-refractivity contribution in [3.8, 4) is 28.7 Å². The highest BCUT2D eigenvalue weighted by atomic mass is 16.7. The van der Waals surface area contributed by atoms with Gasteiger partial charge in [-0.15, -0.1) is 0 Å². The predicted octanol–water partition coefficient (Wildman–Crippen LogP) is 0.772. The lowest BCUT2D eigenvalue weighted by Crippen LogP contribution is -3.08. The summed E-state index contributed by atoms with van der Waals surface area (Å²) in [6, 6.07) is 9.50. The summed E-state index contributed by atoms with van der Waals surface area (Å²) in [6.07, 6.45) is 0. The zero-order valence-corrected chi connectivity index (χ0v) is 17.2. The molecule has 1 amide bonds. The van der Waals surface area contributed by atoms with Gasteiger partial charge < -0.3 is 33.9 Å². The normalized spacial score (nSPS) is 13.0. The third kappa shape index (κ3) is 5.03. The maximum absolute atomic E-state index is 12.4. The van der Waals surface area contributed by atoms with E-state index < -0.39 is 0 Å². The first-order valence-corrected chi connectivity index (χ1v) is 9.29. The Morgan fingerprint density at radius 2 is 1.69 bits per heavy atom. The van der Waals surface area contributed by atoms with E-state index in [1.165, 1.54) is 0 Å². The highest BCUT2D eigenvalue weighted by Crippen LogP contribution is 2.38. The van der Waals surface area contributed by atoms with Crippen LogP contribution >= 0.6 is 0 Å². The zero-order chi connectivity index (χ0) is 20.8. The molecule has 0 saturated carbocycles. The molecule has 8 heteroatoms. The number of nitrogens with one attached hydrogen (secondary N) is 2. The molecule has 156 valence electrons. The third-order valence-electron chi connectivity index (χ3n) is 4.62. The van der Waals surface area contributed by atoms with Crippen LogP contribution in [0.5, 0.6) is 28.7 Å². The van der Waals surface area contributed by atoms with Crippen LogP contribution in [0.4, 0.5) is 0 Å². The van der Waals surface area contributed by atoms with Crippen molar-refractivity contribution < 1.29 is 33.4 Å². The largest absolute Gasteiger partial charge is 0.493 e. The molecule has 0 spiro atoms. The van der Waals surface area contributed by atoms with Crippen LogP contribution in [0.3, 0.4) is 0 Å². The number of fused-ring (bicyclic) bond motifs is 1. The van der Waals surface area contributed by atoms with Crippen LogP contribution in [0, 0.1) is 0 Å². The Labute approximate surface area is 170 Å². The van der Waals surface area contributed by atoms with Gasteiger partial charge in [0.05, 0.1) is 28.4 Å². The summed E-state index contributed by atoms with van der Waals surface area (Å²) >= 11 is 0. The van der Waals surface area contributed by atoms with Gasteiger partial charge >= 0.3 is 0 Å². The van der Waals surface area contributed by atoms with E-state index in [9.17, 15) is 4.79 Å². The van der Waals surface area contributed by atoms with Crippen molar-refractivity contribution in [3.05, 3.63) is 41.5 Å². The van der Waals surface area contributed by atoms with Gasteiger partial charge in [-0.3, -0.25) is 4.79 Å². The monoisotopic (exact) mass is 403 g/mol. The number of ether oxygens (including phenoxy) is 5. The maximum Gasteiger partial charge on any atom is 0.275 e. The van der Waals surface area contributed by atoms with Gasteiger partial charge in [-0.1, -0.05) is 0 Å². The zero-order valence-electron chi connectivity index (χ0n) is 17.2. The van der Waals surface area contributed by atoms with Crippen molar-refractivity contribution in [1.29, 1.82) is 0 Å². The number of hydrogen-bond donors (Lipinski definition) is 2. The number of carbonyl (C=O) groups excluding carboxylic acids is 1. The van der Waals surface area contributed by atoms with Crippen LogP contribution in [0.15, 0.2) is 30.3 Å². The molecule has 29 heavy (non-hydrogen) atoms. The number of amides is 1. The molecule has 1 aliphatic heterocycles. The van der Waals surface area contributed by atoms with E-state index in [0.29, 0.717) is 36.9 Å². The number of hydrogen-bond acceptors (Lipinski definition) is 6. The quantitative estimate of drug-likeness (QED) is 0.644. The average Bonchev–Trinajstić information content (AvgIpc) is 3.19. The summed E-state index contributed by atoms with van der Waals surface area (Å²) < 4.78 is 26.7. The fraction of sp³-hybridized carbons (Fsp3) is 0.381. The molecule has 0 saturated heterocycles. The Hall–Kier alpha value is -3.13. The van der Waals surface area contributed by atoms with Crippen LogP contribution in [-0.4, -0.2) is 47.6 Å². The molecule has 0 radical (unpaired) electrons. The maximum atomic E-state index is 12.4. The van der Waals surface area contributed by atoms with Crippen LogP contribution in [-0.2, 0) is 17.9 Å². The summed E-state index contributed by atoms with van der Waals surface area (Å²) in [5.41, 5.74) is 1.95. The molecule has 1 heterocycles. The minimum absolute atomic E-state index is 0.0444. The molecule has 8 nitrogen and oxygen atoms in total. The van der Waals surface area contributed by atoms with Gasteiger partial charge in [0.2, 0.25) is 12.5 Å². The van der Waals surface area contributed by atoms with E-state index in [1.54, 1.807) is 21.3 Å². The first-order chi connectivity index (χ1) is 14.0. The molecule has 2 aromatic rings. The molecule has 1 unspecified atom stereocenters. The van der Waals surface area contributed by atoms with E-state index in [2.05, 4.69) is 5.32 Å². The minimum Gasteiger partial charge on any atom is -0.493 e. The second-order valence-corrected chi connectivity index (χ2v) is 6.81. The fourth-order valence-electron chi connectivity index (χ4n) is 3.24. The lowest BCUT2D eigenvalue weighted by Gasteiger charge is -2.16. The molecule has 1 aliphatic rings. The van der Waals surface area contributed by atoms with E-state index >= 15 is 0 Å². The van der Waals surface area contributed by atoms with Gasteiger partial charge in [0, 0.05) is 12.1 Å². The Balaban J connectivity index is 1.54. The van der Waals surface area contributed by atoms with Crippen molar-refractivity contribution in [2.24, 2.45) is 0 Å². The number of quaternary nitrogens is 1. The number of carbonyl (C=O) groups is 1. The van der Waals surface area contributed by atoms with Gasteiger partial charge in [0.25, 0.3) is 5.91 Å². The number of benzene rings is 2. The van der Waals surface area contributed by atoms with Gasteiger partial charge in [-0.05, 0) is 35.9 Å². The molecule has 0 aromatic heterocycles. The molecule has 0 fully saturated rings. The Bertz CT molecular complexity index is 845. The van der Waals surface area contributed by atoms with Gasteiger partial charge in [0.1, 0.15) is 6.54 Å². The molecule has 2 N–H and O–H groups in total. The summed E-state index contributed by atoms with van der Waals surface area (Å²) in [5, 5.41) is 2.94. The average molecular weight is 403 g/mol. The predicted molar refractivity (Wildman–Crippen MR) is 106 cm³/mol. The van der Waals surface area contributed by atoms with Crippen molar-refractivity contribution in [2.45, 2.75) is 13.1 Å². The highest BCUT2D eigenvalue weighted by Gasteiger charge is 2.17. The molecule has 2 aromatic carbocycles. The fourth-order valence-corrected chi connectivity index (χ4v) is 3.24. The molecule has 3 rings (SSSR count). The van der Waals surface area contributed by atoms with E-state index in [-0.39, 0.29) is 12.7 Å². The summed E-state index contributed by atoms with van der Waals surface area (Å²) in [5.74, 6) is 3.11. The molecular formula is C21H27N2O6+. The number of likely N-dealkylation sites (N-methyl/N-ethyl adjacent to an activating group) is 1. The number of methoxy groups -OCH3 is 3. The Morgan fingerprint density at radius 3 is 2.34 bits per heavy atom. The Morgan fingerprint density at radius 1 is 1.00 bits per heavy atom. The van der Waals surface area contributed by atoms with E-state index in [0.717, 1.165) is 27.5 Å². The van der Waals surface area contributed by atoms with Crippen molar-refractivity contribution in [2.75, 3.05) is 41.7 Å². The second-order valence-electron chi connectivity index (χ2n) is 6.81. The van der Waals surface area contributed by atoms with Crippen LogP contribution in [0.1, 0.15) is 11.1 Å². The van der Waals surface area contributed by atoms with Gasteiger partial charge in [0.15, 0.2) is 29.5 Å². The van der Waals surface area contributed by atoms with Crippen LogP contribution in [0.25, 0.3) is 0 Å². The topological polar surface area (TPSA) is 79.7 Å². The molecular weight excluding hydrogens is 376 g/mol. The lowest BCUT2D eigenvalue weighted by atomic mass is 10.1. The summed E-state index contributed by atoms with van der Waals surface area (Å²) in [7, 11) is 6.66. The number of rotatable bonds is 9. The van der Waals surface area contributed by atoms with Crippen LogP contribution < -0.4 is 33.9 Å². The standard InChI is InChI=1S/C21H26N2O6/c1-23(11-14-5-6-16-17(7-14)29-13-28-16)12-20(24)22-10-15-8-18(25-2)21(27-4)19(9-15)26-3/h5-9H,10-13H2,1-4H3,(H,22,24)/p+1. The van der Waals surface area contributed by atoms with Gasteiger partial charge in [-0.25, -0.2) is 0 Å². The van der Waals surface area contributed by atoms with Crippen LogP contribution in [0.2, 0.25) is 0 Å². The van der Waals surface area contributed by atoms with Crippen molar-refractivity contribution in [1.82, 2.24) is 5.32 Å². The van der Waals surface area contributed by atoms with E-state index in [1.807, 2.05) is 37.4 Å². The Kier molecular flexibility index (Phi) is 6.66. The molecule has 0 aliphatic carbocycles. The first-order valence-electron chi connectivity index (χ1n) is 9.29. The molecule has 0 bridgehead atoms. The van der Waals surface area contributed by atoms with E-state index in [4.69, 9.17) is 23.7 Å². The smallest absolute Gasteiger partial charge is 0.275 e. The summed E-state index contributed by atoms with van der Waals surface area (Å²) in [4.78, 5) is 13.4. The lowest BCUT2D eigenvalue weighted by molar-refractivity contribution is -0.885. The summed E-state index contributed by atoms with van der Waals surface area (Å²) in [6.45, 7) is 1.67. The first kappa shape index (κ1) is 20.6. The van der Waals surface area contributed by atoms with Crippen molar-refractivity contribution in [3.63, 3.8) is 0 Å². The highest BCUT2D eigenvalue weighted by molar-refractivity contribution is 5.76. The SMILES string of the molecule is COc1cc(CNC(=O)C[NH+](C)Cc2ccc3c(c2)OCO3)cc(OC)c1OC.